The molecule has 0 aliphatic rings. The summed E-state index contributed by atoms with van der Waals surface area (Å²) in [6, 6.07) is 7.55. The van der Waals surface area contributed by atoms with Crippen LogP contribution >= 0.6 is 11.8 Å². The number of hydrogen-bond acceptors (Lipinski definition) is 6. The van der Waals surface area contributed by atoms with Crippen LogP contribution in [0.2, 0.25) is 0 Å². The van der Waals surface area contributed by atoms with Gasteiger partial charge in [0.25, 0.3) is 0 Å². The van der Waals surface area contributed by atoms with Gasteiger partial charge in [-0.1, -0.05) is 30.8 Å². The van der Waals surface area contributed by atoms with E-state index in [0.717, 1.165) is 18.2 Å². The van der Waals surface area contributed by atoms with Crippen LogP contribution < -0.4 is 11.0 Å². The lowest BCUT2D eigenvalue weighted by Crippen LogP contribution is -2.20. The second-order valence-electron chi connectivity index (χ2n) is 5.23. The first-order valence-electron chi connectivity index (χ1n) is 7.65. The van der Waals surface area contributed by atoms with Gasteiger partial charge in [0.1, 0.15) is 10.6 Å². The number of amides is 1. The molecule has 0 aliphatic carbocycles. The van der Waals surface area contributed by atoms with E-state index in [1.807, 2.05) is 24.3 Å². The first-order valence-corrected chi connectivity index (χ1v) is 8.64. The normalized spacial score (nSPS) is 10.4. The summed E-state index contributed by atoms with van der Waals surface area (Å²) in [6.45, 7) is 3.63. The fourth-order valence-corrected chi connectivity index (χ4v) is 3.03. The van der Waals surface area contributed by atoms with Gasteiger partial charge < -0.3 is 15.0 Å². The fourth-order valence-electron chi connectivity index (χ4n) is 2.16. The molecule has 1 heterocycles. The van der Waals surface area contributed by atoms with Crippen LogP contribution in [0.25, 0.3) is 0 Å². The predicted molar refractivity (Wildman–Crippen MR) is 96.1 cm³/mol. The number of aromatic nitrogens is 2. The summed E-state index contributed by atoms with van der Waals surface area (Å²) in [5.74, 6) is -0.862. The maximum atomic E-state index is 12.1. The molecule has 1 aromatic carbocycles. The van der Waals surface area contributed by atoms with E-state index in [1.165, 1.54) is 12.7 Å². The van der Waals surface area contributed by atoms with E-state index in [4.69, 9.17) is 4.74 Å². The van der Waals surface area contributed by atoms with Crippen LogP contribution in [0.15, 0.2) is 34.1 Å². The zero-order chi connectivity index (χ0) is 18.4. The van der Waals surface area contributed by atoms with Crippen molar-refractivity contribution in [3.8, 4) is 0 Å². The fraction of sp³-hybridized carbons (Fsp3) is 0.294. The molecule has 2 rings (SSSR count). The van der Waals surface area contributed by atoms with Crippen LogP contribution in [0.3, 0.4) is 0 Å². The van der Waals surface area contributed by atoms with Crippen molar-refractivity contribution in [2.45, 2.75) is 25.3 Å². The van der Waals surface area contributed by atoms with Crippen LogP contribution in [0, 0.1) is 6.92 Å². The third kappa shape index (κ3) is 4.93. The third-order valence-electron chi connectivity index (χ3n) is 3.46. The molecule has 0 bridgehead atoms. The Labute approximate surface area is 149 Å². The largest absolute Gasteiger partial charge is 0.465 e. The average Bonchev–Trinajstić information content (AvgIpc) is 2.59. The summed E-state index contributed by atoms with van der Waals surface area (Å²) in [5, 5.41) is 2.94. The van der Waals surface area contributed by atoms with E-state index in [1.54, 1.807) is 6.92 Å². The van der Waals surface area contributed by atoms with E-state index in [-0.39, 0.29) is 22.2 Å². The predicted octanol–water partition coefficient (Wildman–Crippen LogP) is 2.16. The number of benzene rings is 1. The van der Waals surface area contributed by atoms with Crippen molar-refractivity contribution in [2.75, 3.05) is 18.2 Å². The number of hydrogen-bond donors (Lipinski definition) is 2. The highest BCUT2D eigenvalue weighted by molar-refractivity contribution is 8.00. The lowest BCUT2D eigenvalue weighted by atomic mass is 10.1. The van der Waals surface area contributed by atoms with Gasteiger partial charge in [0.05, 0.1) is 12.9 Å². The Morgan fingerprint density at radius 1 is 1.28 bits per heavy atom. The molecular weight excluding hydrogens is 342 g/mol. The summed E-state index contributed by atoms with van der Waals surface area (Å²) in [6.07, 6.45) is 0.925. The monoisotopic (exact) mass is 361 g/mol. The van der Waals surface area contributed by atoms with Crippen molar-refractivity contribution in [3.05, 3.63) is 51.6 Å². The number of thioether (sulfide) groups is 1. The molecule has 0 spiro atoms. The van der Waals surface area contributed by atoms with Gasteiger partial charge >= 0.3 is 11.7 Å². The highest BCUT2D eigenvalue weighted by Crippen LogP contribution is 2.22. The summed E-state index contributed by atoms with van der Waals surface area (Å²) in [7, 11) is 1.24. The van der Waals surface area contributed by atoms with Gasteiger partial charge in [0, 0.05) is 11.4 Å². The Morgan fingerprint density at radius 2 is 1.96 bits per heavy atom. The van der Waals surface area contributed by atoms with Crippen LogP contribution in [-0.2, 0) is 16.0 Å². The number of ether oxygens (including phenoxy) is 1. The minimum Gasteiger partial charge on any atom is -0.465 e. The average molecular weight is 361 g/mol. The zero-order valence-corrected chi connectivity index (χ0v) is 15.0. The van der Waals surface area contributed by atoms with Crippen LogP contribution in [0.1, 0.15) is 28.5 Å². The van der Waals surface area contributed by atoms with E-state index < -0.39 is 11.7 Å². The number of rotatable bonds is 6. The number of carbonyl (C=O) groups excluding carboxylic acids is 2. The molecule has 25 heavy (non-hydrogen) atoms. The topological polar surface area (TPSA) is 101 Å². The van der Waals surface area contributed by atoms with Gasteiger partial charge in [-0.15, -0.1) is 0 Å². The summed E-state index contributed by atoms with van der Waals surface area (Å²) in [5.41, 5.74) is 1.80. The maximum Gasteiger partial charge on any atom is 0.346 e. The van der Waals surface area contributed by atoms with Crippen molar-refractivity contribution in [1.82, 2.24) is 9.97 Å². The second-order valence-corrected chi connectivity index (χ2v) is 6.19. The van der Waals surface area contributed by atoms with Crippen molar-refractivity contribution < 1.29 is 14.3 Å². The highest BCUT2D eigenvalue weighted by atomic mass is 32.2. The standard InChI is InChI=1S/C17H19N3O4S/c1-4-11-5-7-12(8-6-11)19-13(21)9-25-15-14(16(22)24-3)10(2)18-17(23)20-15/h5-8H,4,9H2,1-3H3,(H,19,21)(H,18,20,23). The molecule has 132 valence electrons. The minimum absolute atomic E-state index is 0.00934. The quantitative estimate of drug-likeness (QED) is 0.464. The smallest absolute Gasteiger partial charge is 0.346 e. The maximum absolute atomic E-state index is 12.1. The minimum atomic E-state index is -0.612. The van der Waals surface area contributed by atoms with Gasteiger partial charge in [-0.3, -0.25) is 4.79 Å². The summed E-state index contributed by atoms with van der Waals surface area (Å²) < 4.78 is 4.71. The van der Waals surface area contributed by atoms with E-state index in [9.17, 15) is 14.4 Å². The number of carbonyl (C=O) groups is 2. The molecule has 1 amide bonds. The lowest BCUT2D eigenvalue weighted by molar-refractivity contribution is -0.113. The number of nitrogens with zero attached hydrogens (tertiary/aromatic N) is 1. The third-order valence-corrected chi connectivity index (χ3v) is 4.44. The SMILES string of the molecule is CCc1ccc(NC(=O)CSc2nc(=O)[nH]c(C)c2C(=O)OC)cc1. The number of methoxy groups -OCH3 is 1. The van der Waals surface area contributed by atoms with Crippen molar-refractivity contribution in [2.24, 2.45) is 0 Å². The van der Waals surface area contributed by atoms with Crippen LogP contribution in [0.5, 0.6) is 0 Å². The number of nitrogens with one attached hydrogen (secondary N) is 2. The molecule has 0 radical (unpaired) electrons. The van der Waals surface area contributed by atoms with Gasteiger partial charge in [-0.2, -0.15) is 4.98 Å². The molecule has 2 aromatic rings. The number of aromatic amines is 1. The first-order chi connectivity index (χ1) is 11.9. The molecule has 0 saturated heterocycles. The molecule has 8 heteroatoms. The molecule has 1 aromatic heterocycles. The van der Waals surface area contributed by atoms with Crippen LogP contribution in [-0.4, -0.2) is 34.7 Å². The zero-order valence-electron chi connectivity index (χ0n) is 14.2. The molecule has 0 fully saturated rings. The number of anilines is 1. The Balaban J connectivity index is 2.08. The lowest BCUT2D eigenvalue weighted by Gasteiger charge is -2.09. The Bertz CT molecular complexity index is 831. The highest BCUT2D eigenvalue weighted by Gasteiger charge is 2.19. The van der Waals surface area contributed by atoms with E-state index in [0.29, 0.717) is 11.4 Å². The Morgan fingerprint density at radius 3 is 2.56 bits per heavy atom. The Hall–Kier alpha value is -2.61. The number of aryl methyl sites for hydroxylation is 2. The van der Waals surface area contributed by atoms with Gasteiger partial charge in [0.15, 0.2) is 0 Å². The van der Waals surface area contributed by atoms with Crippen LogP contribution in [0.4, 0.5) is 5.69 Å². The second kappa shape index (κ2) is 8.48. The number of H-pyrrole nitrogens is 1. The van der Waals surface area contributed by atoms with Crippen molar-refractivity contribution >= 4 is 29.3 Å². The molecule has 2 N–H and O–H groups in total. The van der Waals surface area contributed by atoms with Crippen molar-refractivity contribution in [1.29, 1.82) is 0 Å². The molecule has 0 aliphatic heterocycles. The van der Waals surface area contributed by atoms with Gasteiger partial charge in [0.2, 0.25) is 5.91 Å². The molecule has 7 nitrogen and oxygen atoms in total. The van der Waals surface area contributed by atoms with Gasteiger partial charge in [-0.25, -0.2) is 9.59 Å². The molecule has 0 saturated carbocycles. The number of esters is 1. The Kier molecular flexibility index (Phi) is 6.35. The summed E-state index contributed by atoms with van der Waals surface area (Å²) >= 11 is 1.01. The van der Waals surface area contributed by atoms with E-state index in [2.05, 4.69) is 22.2 Å². The molecule has 0 unspecified atom stereocenters. The van der Waals surface area contributed by atoms with Gasteiger partial charge in [-0.05, 0) is 31.0 Å². The molecule has 0 atom stereocenters. The molecular formula is C17H19N3O4S. The summed E-state index contributed by atoms with van der Waals surface area (Å²) in [4.78, 5) is 41.7. The van der Waals surface area contributed by atoms with Crippen molar-refractivity contribution in [3.63, 3.8) is 0 Å². The first kappa shape index (κ1) is 18.7. The van der Waals surface area contributed by atoms with E-state index >= 15 is 0 Å².